The van der Waals surface area contributed by atoms with Crippen LogP contribution in [0.5, 0.6) is 5.75 Å². The molecule has 4 rings (SSSR count). The van der Waals surface area contributed by atoms with Crippen LogP contribution in [0.25, 0.3) is 11.4 Å². The minimum absolute atomic E-state index is 0.111. The maximum atomic E-state index is 12.7. The van der Waals surface area contributed by atoms with E-state index in [-0.39, 0.29) is 17.6 Å². The van der Waals surface area contributed by atoms with Gasteiger partial charge in [-0.3, -0.25) is 14.7 Å². The highest BCUT2D eigenvalue weighted by Crippen LogP contribution is 2.20. The third kappa shape index (κ3) is 6.70. The van der Waals surface area contributed by atoms with Crippen molar-refractivity contribution in [2.24, 2.45) is 0 Å². The molecule has 0 unspecified atom stereocenters. The van der Waals surface area contributed by atoms with Crippen LogP contribution in [0.3, 0.4) is 0 Å². The van der Waals surface area contributed by atoms with Crippen LogP contribution in [-0.4, -0.2) is 46.4 Å². The van der Waals surface area contributed by atoms with Gasteiger partial charge in [0.25, 0.3) is 5.91 Å². The summed E-state index contributed by atoms with van der Waals surface area (Å²) in [5.74, 6) is 1.05. The summed E-state index contributed by atoms with van der Waals surface area (Å²) in [6.45, 7) is 0.470. The number of ether oxygens (including phenoxy) is 1. The molecule has 4 aromatic rings. The second-order valence-corrected chi connectivity index (χ2v) is 8.51. The third-order valence-corrected chi connectivity index (χ3v) is 6.00. The molecule has 0 atom stereocenters. The molecular formula is C26H25N5O3S. The smallest absolute Gasteiger partial charge is 0.253 e. The lowest BCUT2D eigenvalue weighted by molar-refractivity contribution is -0.113. The van der Waals surface area contributed by atoms with Crippen molar-refractivity contribution in [3.05, 3.63) is 90.0 Å². The van der Waals surface area contributed by atoms with Crippen molar-refractivity contribution < 1.29 is 14.3 Å². The van der Waals surface area contributed by atoms with Crippen LogP contribution in [0.15, 0.2) is 84.0 Å². The minimum Gasteiger partial charge on any atom is -0.497 e. The first-order chi connectivity index (χ1) is 17.1. The van der Waals surface area contributed by atoms with Crippen molar-refractivity contribution >= 4 is 29.3 Å². The molecule has 178 valence electrons. The Morgan fingerprint density at radius 3 is 2.49 bits per heavy atom. The van der Waals surface area contributed by atoms with Crippen LogP contribution in [0.4, 0.5) is 5.69 Å². The highest BCUT2D eigenvalue weighted by molar-refractivity contribution is 7.99. The lowest BCUT2D eigenvalue weighted by atomic mass is 10.1. The number of thioether (sulfide) groups is 1. The molecule has 1 heterocycles. The Morgan fingerprint density at radius 1 is 0.971 bits per heavy atom. The van der Waals surface area contributed by atoms with Gasteiger partial charge in [-0.1, -0.05) is 66.4 Å². The number of H-pyrrole nitrogens is 1. The summed E-state index contributed by atoms with van der Waals surface area (Å²) < 4.78 is 5.16. The Hall–Kier alpha value is -4.11. The van der Waals surface area contributed by atoms with E-state index in [4.69, 9.17) is 4.74 Å². The fourth-order valence-corrected chi connectivity index (χ4v) is 3.95. The van der Waals surface area contributed by atoms with Crippen LogP contribution >= 0.6 is 11.8 Å². The highest BCUT2D eigenvalue weighted by atomic mass is 32.2. The average molecular weight is 488 g/mol. The second kappa shape index (κ2) is 11.8. The Balaban J connectivity index is 1.29. The summed E-state index contributed by atoms with van der Waals surface area (Å²) in [5.41, 5.74) is 2.88. The summed E-state index contributed by atoms with van der Waals surface area (Å²) in [6.07, 6.45) is 0.683. The van der Waals surface area contributed by atoms with Gasteiger partial charge < -0.3 is 15.4 Å². The molecular weight excluding hydrogens is 462 g/mol. The Kier molecular flexibility index (Phi) is 8.13. The van der Waals surface area contributed by atoms with Gasteiger partial charge >= 0.3 is 0 Å². The largest absolute Gasteiger partial charge is 0.497 e. The summed E-state index contributed by atoms with van der Waals surface area (Å²) in [7, 11) is 1.62. The number of carbonyl (C=O) groups excluding carboxylic acids is 2. The monoisotopic (exact) mass is 487 g/mol. The maximum Gasteiger partial charge on any atom is 0.253 e. The van der Waals surface area contributed by atoms with Gasteiger partial charge in [0.05, 0.1) is 24.1 Å². The van der Waals surface area contributed by atoms with Crippen LogP contribution in [0.2, 0.25) is 0 Å². The number of aromatic amines is 1. The summed E-state index contributed by atoms with van der Waals surface area (Å²) in [6, 6.07) is 24.3. The maximum absolute atomic E-state index is 12.7. The van der Waals surface area contributed by atoms with Crippen molar-refractivity contribution in [3.8, 4) is 17.1 Å². The molecule has 0 radical (unpaired) electrons. The summed E-state index contributed by atoms with van der Waals surface area (Å²) >= 11 is 1.22. The highest BCUT2D eigenvalue weighted by Gasteiger charge is 2.14. The topological polar surface area (TPSA) is 109 Å². The number of aromatic nitrogens is 3. The number of methoxy groups -OCH3 is 1. The van der Waals surface area contributed by atoms with Crippen molar-refractivity contribution in [2.75, 3.05) is 24.7 Å². The summed E-state index contributed by atoms with van der Waals surface area (Å²) in [5, 5.41) is 13.3. The zero-order chi connectivity index (χ0) is 24.5. The molecule has 0 saturated carbocycles. The standard InChI is InChI=1S/C26H25N5O3S/c1-34-20-13-11-18(12-14-20)15-16-27-25(33)21-9-5-6-10-22(21)28-23(32)17-35-26-29-24(30-31-26)19-7-3-2-4-8-19/h2-14H,15-17H2,1H3,(H,27,33)(H,28,32)(H,29,30,31). The molecule has 3 N–H and O–H groups in total. The Morgan fingerprint density at radius 2 is 1.71 bits per heavy atom. The van der Waals surface area contributed by atoms with E-state index in [1.807, 2.05) is 54.6 Å². The van der Waals surface area contributed by atoms with Crippen LogP contribution in [0, 0.1) is 0 Å². The molecule has 0 fully saturated rings. The molecule has 1 aromatic heterocycles. The van der Waals surface area contributed by atoms with E-state index in [1.54, 1.807) is 31.4 Å². The van der Waals surface area contributed by atoms with Gasteiger partial charge in [0.1, 0.15) is 5.75 Å². The van der Waals surface area contributed by atoms with Gasteiger partial charge in [0.15, 0.2) is 5.82 Å². The zero-order valence-corrected chi connectivity index (χ0v) is 20.0. The number of para-hydroxylation sites is 1. The molecule has 0 spiro atoms. The summed E-state index contributed by atoms with van der Waals surface area (Å²) in [4.78, 5) is 29.7. The molecule has 0 aliphatic carbocycles. The Labute approximate surface area is 207 Å². The molecule has 0 aliphatic heterocycles. The first-order valence-corrected chi connectivity index (χ1v) is 12.0. The van der Waals surface area contributed by atoms with Crippen molar-refractivity contribution in [1.29, 1.82) is 0 Å². The van der Waals surface area contributed by atoms with Gasteiger partial charge in [0.2, 0.25) is 11.1 Å². The van der Waals surface area contributed by atoms with E-state index in [9.17, 15) is 9.59 Å². The van der Waals surface area contributed by atoms with Gasteiger partial charge in [-0.2, -0.15) is 0 Å². The van der Waals surface area contributed by atoms with E-state index in [0.717, 1.165) is 16.9 Å². The predicted molar refractivity (Wildman–Crippen MR) is 137 cm³/mol. The van der Waals surface area contributed by atoms with Gasteiger partial charge in [0, 0.05) is 12.1 Å². The molecule has 3 aromatic carbocycles. The molecule has 8 nitrogen and oxygen atoms in total. The normalized spacial score (nSPS) is 10.5. The molecule has 0 bridgehead atoms. The molecule has 0 aliphatic rings. The molecule has 2 amide bonds. The van der Waals surface area contributed by atoms with Crippen molar-refractivity contribution in [2.45, 2.75) is 11.6 Å². The molecule has 9 heteroatoms. The van der Waals surface area contributed by atoms with E-state index in [0.29, 0.717) is 35.2 Å². The van der Waals surface area contributed by atoms with E-state index in [1.165, 1.54) is 11.8 Å². The van der Waals surface area contributed by atoms with E-state index >= 15 is 0 Å². The van der Waals surface area contributed by atoms with Crippen molar-refractivity contribution in [3.63, 3.8) is 0 Å². The fourth-order valence-electron chi connectivity index (χ4n) is 3.35. The van der Waals surface area contributed by atoms with Crippen LogP contribution in [-0.2, 0) is 11.2 Å². The quantitative estimate of drug-likeness (QED) is 0.290. The SMILES string of the molecule is COc1ccc(CCNC(=O)c2ccccc2NC(=O)CSc2n[nH]c(-c3ccccc3)n2)cc1. The van der Waals surface area contributed by atoms with Gasteiger partial charge in [-0.05, 0) is 36.2 Å². The number of anilines is 1. The number of hydrogen-bond acceptors (Lipinski definition) is 6. The Bertz CT molecular complexity index is 1280. The van der Waals surface area contributed by atoms with Gasteiger partial charge in [-0.25, -0.2) is 4.98 Å². The number of nitrogens with one attached hydrogen (secondary N) is 3. The number of carbonyl (C=O) groups is 2. The van der Waals surface area contributed by atoms with Crippen molar-refractivity contribution in [1.82, 2.24) is 20.5 Å². The zero-order valence-electron chi connectivity index (χ0n) is 19.2. The number of nitrogens with zero attached hydrogens (tertiary/aromatic N) is 2. The second-order valence-electron chi connectivity index (χ2n) is 7.57. The van der Waals surface area contributed by atoms with E-state index < -0.39 is 0 Å². The average Bonchev–Trinajstić information content (AvgIpc) is 3.38. The third-order valence-electron chi connectivity index (χ3n) is 5.15. The minimum atomic E-state index is -0.250. The number of rotatable bonds is 10. The number of benzene rings is 3. The number of hydrogen-bond donors (Lipinski definition) is 3. The molecule has 35 heavy (non-hydrogen) atoms. The van der Waals surface area contributed by atoms with Crippen LogP contribution in [0.1, 0.15) is 15.9 Å². The predicted octanol–water partition coefficient (Wildman–Crippen LogP) is 4.18. The van der Waals surface area contributed by atoms with E-state index in [2.05, 4.69) is 25.8 Å². The van der Waals surface area contributed by atoms with Crippen LogP contribution < -0.4 is 15.4 Å². The van der Waals surface area contributed by atoms with Gasteiger partial charge in [-0.15, -0.1) is 5.10 Å². The lowest BCUT2D eigenvalue weighted by Crippen LogP contribution is -2.27. The first-order valence-electron chi connectivity index (χ1n) is 11.0. The first kappa shape index (κ1) is 24.0. The molecule has 0 saturated heterocycles. The number of amides is 2. The fraction of sp³-hybridized carbons (Fsp3) is 0.154. The lowest BCUT2D eigenvalue weighted by Gasteiger charge is -2.11.